The lowest BCUT2D eigenvalue weighted by molar-refractivity contribution is -0.119. The van der Waals surface area contributed by atoms with Crippen LogP contribution in [-0.2, 0) is 9.59 Å². The molecule has 0 aliphatic carbocycles. The molecule has 4 nitrogen and oxygen atoms in total. The lowest BCUT2D eigenvalue weighted by Gasteiger charge is -2.28. The predicted octanol–water partition coefficient (Wildman–Crippen LogP) is 3.99. The Kier molecular flexibility index (Phi) is 4.37. The number of benzene rings is 2. The first kappa shape index (κ1) is 15.6. The molecule has 1 aliphatic rings. The third-order valence-corrected chi connectivity index (χ3v) is 4.26. The molecule has 2 aromatic carbocycles. The van der Waals surface area contributed by atoms with Crippen LogP contribution in [0.15, 0.2) is 48.5 Å². The van der Waals surface area contributed by atoms with E-state index in [1.165, 1.54) is 11.0 Å². The maximum Gasteiger partial charge on any atom is 0.251 e. The Bertz CT molecular complexity index is 818. The van der Waals surface area contributed by atoms with Crippen molar-refractivity contribution in [1.82, 2.24) is 0 Å². The maximum absolute atomic E-state index is 12.5. The van der Waals surface area contributed by atoms with E-state index in [0.717, 1.165) is 0 Å². The number of carbonyl (C=O) groups is 2. The van der Waals surface area contributed by atoms with Crippen molar-refractivity contribution in [2.24, 2.45) is 0 Å². The summed E-state index contributed by atoms with van der Waals surface area (Å²) in [4.78, 5) is 25.6. The van der Waals surface area contributed by atoms with Crippen molar-refractivity contribution in [2.75, 3.05) is 16.8 Å². The molecule has 1 heterocycles. The molecule has 2 aromatic rings. The summed E-state index contributed by atoms with van der Waals surface area (Å²) in [7, 11) is 0. The lowest BCUT2D eigenvalue weighted by Crippen LogP contribution is -2.41. The Labute approximate surface area is 143 Å². The summed E-state index contributed by atoms with van der Waals surface area (Å²) >= 11 is 12.0. The molecule has 0 unspecified atom stereocenters. The van der Waals surface area contributed by atoms with Gasteiger partial charge in [-0.25, -0.2) is 0 Å². The highest BCUT2D eigenvalue weighted by atomic mass is 35.5. The zero-order valence-corrected chi connectivity index (χ0v) is 13.4. The average molecular weight is 347 g/mol. The first-order valence-corrected chi connectivity index (χ1v) is 7.64. The van der Waals surface area contributed by atoms with Gasteiger partial charge in [0, 0.05) is 6.08 Å². The van der Waals surface area contributed by atoms with E-state index in [4.69, 9.17) is 23.2 Å². The Morgan fingerprint density at radius 1 is 1.13 bits per heavy atom. The van der Waals surface area contributed by atoms with Gasteiger partial charge in [-0.3, -0.25) is 14.5 Å². The number of para-hydroxylation sites is 2. The molecule has 0 atom stereocenters. The van der Waals surface area contributed by atoms with E-state index >= 15 is 0 Å². The largest absolute Gasteiger partial charge is 0.323 e. The first-order chi connectivity index (χ1) is 11.1. The van der Waals surface area contributed by atoms with Crippen LogP contribution in [0, 0.1) is 0 Å². The highest BCUT2D eigenvalue weighted by molar-refractivity contribution is 6.42. The molecule has 1 N–H and O–H groups in total. The number of nitrogens with zero attached hydrogens (tertiary/aromatic N) is 1. The normalized spacial score (nSPS) is 13.8. The highest BCUT2D eigenvalue weighted by Crippen LogP contribution is 2.30. The number of halogens is 2. The standard InChI is InChI=1S/C17H12Cl2N2O2/c18-12-5-3-4-11(17(12)19)8-9-16(23)21-10-15(22)20-13-6-1-2-7-14(13)21/h1-9H,10H2,(H,20,22). The minimum absolute atomic E-state index is 0.0243. The highest BCUT2D eigenvalue weighted by Gasteiger charge is 2.25. The van der Waals surface area contributed by atoms with Gasteiger partial charge in [0.05, 0.1) is 21.4 Å². The van der Waals surface area contributed by atoms with E-state index in [-0.39, 0.29) is 18.4 Å². The molecule has 0 bridgehead atoms. The number of carbonyl (C=O) groups excluding carboxylic acids is 2. The number of hydrogen-bond acceptors (Lipinski definition) is 2. The number of anilines is 2. The van der Waals surface area contributed by atoms with E-state index in [1.807, 2.05) is 6.07 Å². The third-order valence-electron chi connectivity index (χ3n) is 3.42. The SMILES string of the molecule is O=C1CN(C(=O)C=Cc2cccc(Cl)c2Cl)c2ccccc2N1. The molecule has 0 fully saturated rings. The molecule has 116 valence electrons. The van der Waals surface area contributed by atoms with E-state index in [2.05, 4.69) is 5.32 Å². The van der Waals surface area contributed by atoms with E-state index in [1.54, 1.807) is 42.5 Å². The fourth-order valence-corrected chi connectivity index (χ4v) is 2.70. The molecular formula is C17H12Cl2N2O2. The summed E-state index contributed by atoms with van der Waals surface area (Å²) in [6.07, 6.45) is 2.97. The fourth-order valence-electron chi connectivity index (χ4n) is 2.33. The van der Waals surface area contributed by atoms with Gasteiger partial charge in [0.15, 0.2) is 0 Å². The zero-order valence-electron chi connectivity index (χ0n) is 11.9. The lowest BCUT2D eigenvalue weighted by atomic mass is 10.1. The quantitative estimate of drug-likeness (QED) is 0.835. The minimum Gasteiger partial charge on any atom is -0.323 e. The van der Waals surface area contributed by atoms with Crippen molar-refractivity contribution in [1.29, 1.82) is 0 Å². The zero-order chi connectivity index (χ0) is 16.4. The summed E-state index contributed by atoms with van der Waals surface area (Å²) in [6.45, 7) is -0.0243. The average Bonchev–Trinajstić information content (AvgIpc) is 2.55. The van der Waals surface area contributed by atoms with Crippen LogP contribution in [0.4, 0.5) is 11.4 Å². The van der Waals surface area contributed by atoms with Crippen molar-refractivity contribution < 1.29 is 9.59 Å². The smallest absolute Gasteiger partial charge is 0.251 e. The van der Waals surface area contributed by atoms with E-state index in [0.29, 0.717) is 27.0 Å². The summed E-state index contributed by atoms with van der Waals surface area (Å²) in [5.74, 6) is -0.533. The van der Waals surface area contributed by atoms with Gasteiger partial charge in [-0.15, -0.1) is 0 Å². The van der Waals surface area contributed by atoms with Crippen LogP contribution in [0.3, 0.4) is 0 Å². The third kappa shape index (κ3) is 3.23. The van der Waals surface area contributed by atoms with E-state index in [9.17, 15) is 9.59 Å². The van der Waals surface area contributed by atoms with Gasteiger partial charge in [-0.05, 0) is 29.8 Å². The molecule has 0 spiro atoms. The van der Waals surface area contributed by atoms with Crippen LogP contribution in [0.1, 0.15) is 5.56 Å². The number of rotatable bonds is 2. The van der Waals surface area contributed by atoms with Crippen molar-refractivity contribution in [2.45, 2.75) is 0 Å². The van der Waals surface area contributed by atoms with Crippen LogP contribution >= 0.6 is 23.2 Å². The van der Waals surface area contributed by atoms with Crippen LogP contribution < -0.4 is 10.2 Å². The predicted molar refractivity (Wildman–Crippen MR) is 92.9 cm³/mol. The first-order valence-electron chi connectivity index (χ1n) is 6.89. The van der Waals surface area contributed by atoms with Crippen molar-refractivity contribution >= 4 is 52.5 Å². The molecule has 6 heteroatoms. The fraction of sp³-hybridized carbons (Fsp3) is 0.0588. The molecule has 1 aliphatic heterocycles. The van der Waals surface area contributed by atoms with Crippen molar-refractivity contribution in [3.05, 3.63) is 64.1 Å². The number of hydrogen-bond donors (Lipinski definition) is 1. The molecule has 2 amide bonds. The number of nitrogens with one attached hydrogen (secondary N) is 1. The second-order valence-corrected chi connectivity index (χ2v) is 5.75. The number of amides is 2. The summed E-state index contributed by atoms with van der Waals surface area (Å²) in [6, 6.07) is 12.3. The Balaban J connectivity index is 1.88. The van der Waals surface area contributed by atoms with Gasteiger partial charge in [-0.2, -0.15) is 0 Å². The van der Waals surface area contributed by atoms with Gasteiger partial charge < -0.3 is 5.32 Å². The molecule has 23 heavy (non-hydrogen) atoms. The molecule has 0 saturated carbocycles. The Morgan fingerprint density at radius 3 is 2.74 bits per heavy atom. The van der Waals surface area contributed by atoms with Gasteiger partial charge in [0.1, 0.15) is 6.54 Å². The monoisotopic (exact) mass is 346 g/mol. The van der Waals surface area contributed by atoms with Gasteiger partial charge in [0.2, 0.25) is 5.91 Å². The van der Waals surface area contributed by atoms with Crippen LogP contribution in [-0.4, -0.2) is 18.4 Å². The Hall–Kier alpha value is -2.30. The molecule has 0 saturated heterocycles. The molecule has 0 radical (unpaired) electrons. The molecular weight excluding hydrogens is 335 g/mol. The Morgan fingerprint density at radius 2 is 1.91 bits per heavy atom. The summed E-state index contributed by atoms with van der Waals surface area (Å²) in [5, 5.41) is 3.54. The van der Waals surface area contributed by atoms with Gasteiger partial charge in [-0.1, -0.05) is 47.5 Å². The van der Waals surface area contributed by atoms with Crippen molar-refractivity contribution in [3.8, 4) is 0 Å². The van der Waals surface area contributed by atoms with E-state index < -0.39 is 0 Å². The van der Waals surface area contributed by atoms with Gasteiger partial charge >= 0.3 is 0 Å². The van der Waals surface area contributed by atoms with Crippen LogP contribution in [0.25, 0.3) is 6.08 Å². The summed E-state index contributed by atoms with van der Waals surface area (Å²) in [5.41, 5.74) is 1.92. The van der Waals surface area contributed by atoms with Crippen molar-refractivity contribution in [3.63, 3.8) is 0 Å². The second-order valence-electron chi connectivity index (χ2n) is 4.97. The second kappa shape index (κ2) is 6.44. The molecule has 0 aromatic heterocycles. The van der Waals surface area contributed by atoms with Crippen LogP contribution in [0.5, 0.6) is 0 Å². The maximum atomic E-state index is 12.5. The summed E-state index contributed by atoms with van der Waals surface area (Å²) < 4.78 is 0. The number of fused-ring (bicyclic) bond motifs is 1. The topological polar surface area (TPSA) is 49.4 Å². The minimum atomic E-state index is -0.302. The molecule has 3 rings (SSSR count). The van der Waals surface area contributed by atoms with Gasteiger partial charge in [0.25, 0.3) is 5.91 Å². The van der Waals surface area contributed by atoms with Crippen LogP contribution in [0.2, 0.25) is 10.0 Å².